The maximum Gasteiger partial charge on any atom is 0.306 e. The standard InChI is InChI=1S/C12H18F2O4/c1-10(2)17-6-7(18-10)9-11(3,12(9,13)14)5-8(15)16-4/h7,9H,5-6H2,1-4H3/t7-,9+,11-/m1/s1. The maximum absolute atomic E-state index is 13.9. The van der Waals surface area contributed by atoms with E-state index in [2.05, 4.69) is 4.74 Å². The molecule has 0 amide bonds. The van der Waals surface area contributed by atoms with Gasteiger partial charge in [0.05, 0.1) is 37.6 Å². The first kappa shape index (κ1) is 13.7. The fraction of sp³-hybridized carbons (Fsp3) is 0.917. The van der Waals surface area contributed by atoms with Crippen LogP contribution < -0.4 is 0 Å². The van der Waals surface area contributed by atoms with E-state index >= 15 is 0 Å². The van der Waals surface area contributed by atoms with Gasteiger partial charge in [-0.1, -0.05) is 6.92 Å². The molecule has 0 N–H and O–H groups in total. The quantitative estimate of drug-likeness (QED) is 0.731. The molecule has 2 fully saturated rings. The lowest BCUT2D eigenvalue weighted by Crippen LogP contribution is -2.24. The van der Waals surface area contributed by atoms with Gasteiger partial charge in [0.1, 0.15) is 0 Å². The van der Waals surface area contributed by atoms with Crippen molar-refractivity contribution in [3.63, 3.8) is 0 Å². The van der Waals surface area contributed by atoms with Crippen molar-refractivity contribution in [1.29, 1.82) is 0 Å². The highest BCUT2D eigenvalue weighted by Gasteiger charge is 2.81. The minimum Gasteiger partial charge on any atom is -0.469 e. The summed E-state index contributed by atoms with van der Waals surface area (Å²) in [5, 5.41) is 0. The van der Waals surface area contributed by atoms with Crippen LogP contribution in [0.3, 0.4) is 0 Å². The Morgan fingerprint density at radius 1 is 1.39 bits per heavy atom. The Morgan fingerprint density at radius 3 is 2.44 bits per heavy atom. The van der Waals surface area contributed by atoms with Gasteiger partial charge in [-0.3, -0.25) is 4.79 Å². The lowest BCUT2D eigenvalue weighted by atomic mass is 9.99. The third kappa shape index (κ3) is 1.91. The van der Waals surface area contributed by atoms with Gasteiger partial charge in [0.25, 0.3) is 5.92 Å². The van der Waals surface area contributed by atoms with E-state index in [1.165, 1.54) is 14.0 Å². The normalized spacial score (nSPS) is 40.6. The van der Waals surface area contributed by atoms with E-state index in [9.17, 15) is 13.6 Å². The van der Waals surface area contributed by atoms with Crippen LogP contribution in [0.15, 0.2) is 0 Å². The predicted octanol–water partition coefficient (Wildman–Crippen LogP) is 1.97. The van der Waals surface area contributed by atoms with Gasteiger partial charge in [0, 0.05) is 0 Å². The molecule has 1 saturated heterocycles. The Hall–Kier alpha value is -0.750. The molecule has 0 aromatic carbocycles. The summed E-state index contributed by atoms with van der Waals surface area (Å²) < 4.78 is 43.0. The summed E-state index contributed by atoms with van der Waals surface area (Å²) in [5.41, 5.74) is -1.39. The summed E-state index contributed by atoms with van der Waals surface area (Å²) in [6, 6.07) is 0. The Morgan fingerprint density at radius 2 is 2.00 bits per heavy atom. The van der Waals surface area contributed by atoms with E-state index in [1.54, 1.807) is 13.8 Å². The number of halogens is 2. The van der Waals surface area contributed by atoms with Crippen molar-refractivity contribution in [2.24, 2.45) is 11.3 Å². The van der Waals surface area contributed by atoms with E-state index in [0.717, 1.165) is 0 Å². The number of hydrogen-bond acceptors (Lipinski definition) is 4. The van der Waals surface area contributed by atoms with Gasteiger partial charge in [0.2, 0.25) is 0 Å². The van der Waals surface area contributed by atoms with Crippen LogP contribution in [0.2, 0.25) is 0 Å². The molecule has 1 heterocycles. The molecule has 1 saturated carbocycles. The molecule has 1 aliphatic heterocycles. The van der Waals surface area contributed by atoms with Crippen molar-refractivity contribution in [2.75, 3.05) is 13.7 Å². The van der Waals surface area contributed by atoms with E-state index in [4.69, 9.17) is 9.47 Å². The second-order valence-electron chi connectivity index (χ2n) is 5.64. The van der Waals surface area contributed by atoms with Crippen LogP contribution in [0.4, 0.5) is 8.78 Å². The first-order valence-corrected chi connectivity index (χ1v) is 5.90. The third-order valence-electron chi connectivity index (χ3n) is 3.90. The molecule has 0 radical (unpaired) electrons. The molecular formula is C12H18F2O4. The molecule has 4 nitrogen and oxygen atoms in total. The van der Waals surface area contributed by atoms with Gasteiger partial charge in [-0.25, -0.2) is 8.78 Å². The number of rotatable bonds is 3. The van der Waals surface area contributed by atoms with Crippen LogP contribution in [0.25, 0.3) is 0 Å². The number of alkyl halides is 2. The highest BCUT2D eigenvalue weighted by Crippen LogP contribution is 2.70. The lowest BCUT2D eigenvalue weighted by Gasteiger charge is -2.17. The summed E-state index contributed by atoms with van der Waals surface area (Å²) >= 11 is 0. The van der Waals surface area contributed by atoms with E-state index in [-0.39, 0.29) is 13.0 Å². The molecule has 18 heavy (non-hydrogen) atoms. The molecule has 0 bridgehead atoms. The largest absolute Gasteiger partial charge is 0.469 e. The summed E-state index contributed by atoms with van der Waals surface area (Å²) in [6.07, 6.45) is -0.980. The summed E-state index contributed by atoms with van der Waals surface area (Å²) in [6.45, 7) is 4.89. The van der Waals surface area contributed by atoms with Crippen molar-refractivity contribution in [2.45, 2.75) is 45.0 Å². The van der Waals surface area contributed by atoms with E-state index in [1.807, 2.05) is 0 Å². The van der Waals surface area contributed by atoms with Crippen LogP contribution in [0.5, 0.6) is 0 Å². The van der Waals surface area contributed by atoms with Crippen LogP contribution >= 0.6 is 0 Å². The minimum absolute atomic E-state index is 0.129. The zero-order chi connectivity index (χ0) is 13.8. The minimum atomic E-state index is -2.92. The highest BCUT2D eigenvalue weighted by molar-refractivity contribution is 5.71. The first-order valence-electron chi connectivity index (χ1n) is 5.90. The number of carbonyl (C=O) groups is 1. The van der Waals surface area contributed by atoms with E-state index < -0.39 is 35.1 Å². The highest BCUT2D eigenvalue weighted by atomic mass is 19.3. The smallest absolute Gasteiger partial charge is 0.306 e. The van der Waals surface area contributed by atoms with Gasteiger partial charge in [0.15, 0.2) is 5.79 Å². The summed E-state index contributed by atoms with van der Waals surface area (Å²) in [7, 11) is 1.19. The Kier molecular flexibility index (Phi) is 2.94. The Bertz CT molecular complexity index is 369. The van der Waals surface area contributed by atoms with Gasteiger partial charge in [-0.05, 0) is 13.8 Å². The van der Waals surface area contributed by atoms with Gasteiger partial charge in [-0.2, -0.15) is 0 Å². The molecule has 2 aliphatic rings. The fourth-order valence-corrected chi connectivity index (χ4v) is 2.74. The van der Waals surface area contributed by atoms with Crippen molar-refractivity contribution >= 4 is 5.97 Å². The molecule has 104 valence electrons. The van der Waals surface area contributed by atoms with Crippen molar-refractivity contribution in [1.82, 2.24) is 0 Å². The second kappa shape index (κ2) is 3.87. The number of carbonyl (C=O) groups excluding carboxylic acids is 1. The zero-order valence-corrected chi connectivity index (χ0v) is 11.0. The maximum atomic E-state index is 13.9. The Labute approximate surface area is 105 Å². The number of esters is 1. The molecule has 3 atom stereocenters. The number of methoxy groups -OCH3 is 1. The lowest BCUT2D eigenvalue weighted by molar-refractivity contribution is -0.144. The first-order chi connectivity index (χ1) is 8.14. The van der Waals surface area contributed by atoms with Crippen molar-refractivity contribution in [3.05, 3.63) is 0 Å². The predicted molar refractivity (Wildman–Crippen MR) is 58.1 cm³/mol. The topological polar surface area (TPSA) is 44.8 Å². The molecule has 0 aromatic rings. The third-order valence-corrected chi connectivity index (χ3v) is 3.90. The second-order valence-corrected chi connectivity index (χ2v) is 5.64. The summed E-state index contributed by atoms with van der Waals surface area (Å²) in [5.74, 6) is -5.38. The van der Waals surface area contributed by atoms with Crippen LogP contribution in [-0.4, -0.2) is 37.5 Å². The molecule has 2 rings (SSSR count). The molecular weight excluding hydrogens is 246 g/mol. The van der Waals surface area contributed by atoms with Crippen LogP contribution in [-0.2, 0) is 19.0 Å². The van der Waals surface area contributed by atoms with Gasteiger partial charge in [-0.15, -0.1) is 0 Å². The van der Waals surface area contributed by atoms with Gasteiger partial charge < -0.3 is 14.2 Å². The number of ether oxygens (including phenoxy) is 3. The summed E-state index contributed by atoms with van der Waals surface area (Å²) in [4.78, 5) is 11.2. The SMILES string of the molecule is COC(=O)C[C@]1(C)[C@H]([C@H]2COC(C)(C)O2)C1(F)F. The van der Waals surface area contributed by atoms with Crippen molar-refractivity contribution in [3.8, 4) is 0 Å². The average molecular weight is 264 g/mol. The molecule has 6 heteroatoms. The average Bonchev–Trinajstić information content (AvgIpc) is 2.54. The van der Waals surface area contributed by atoms with Crippen molar-refractivity contribution < 1.29 is 27.8 Å². The monoisotopic (exact) mass is 264 g/mol. The molecule has 0 aromatic heterocycles. The van der Waals surface area contributed by atoms with Crippen LogP contribution in [0.1, 0.15) is 27.2 Å². The Balaban J connectivity index is 2.09. The fourth-order valence-electron chi connectivity index (χ4n) is 2.74. The molecule has 0 unspecified atom stereocenters. The molecule has 0 spiro atoms. The van der Waals surface area contributed by atoms with E-state index in [0.29, 0.717) is 0 Å². The number of hydrogen-bond donors (Lipinski definition) is 0. The molecule has 1 aliphatic carbocycles. The van der Waals surface area contributed by atoms with Crippen LogP contribution in [0, 0.1) is 11.3 Å². The van der Waals surface area contributed by atoms with Gasteiger partial charge >= 0.3 is 5.97 Å². The zero-order valence-electron chi connectivity index (χ0n) is 11.0.